The number of rotatable bonds is 5. The Morgan fingerprint density at radius 2 is 2.38 bits per heavy atom. The topological polar surface area (TPSA) is 52.0 Å². The maximum atomic E-state index is 5.59. The van der Waals surface area contributed by atoms with Crippen molar-refractivity contribution >= 4 is 0 Å². The summed E-state index contributed by atoms with van der Waals surface area (Å²) in [5.74, 6) is 0.814. The molecule has 1 aliphatic carbocycles. The average Bonchev–Trinajstić information content (AvgIpc) is 2.83. The van der Waals surface area contributed by atoms with Crippen LogP contribution < -0.4 is 5.32 Å². The Balaban J connectivity index is 1.50. The highest BCUT2D eigenvalue weighted by atomic mass is 16.5. The maximum absolute atomic E-state index is 5.59. The normalized spacial score (nSPS) is 25.1. The molecule has 2 aliphatic rings. The lowest BCUT2D eigenvalue weighted by molar-refractivity contribution is 0.108. The van der Waals surface area contributed by atoms with Crippen molar-refractivity contribution in [3.63, 3.8) is 0 Å². The summed E-state index contributed by atoms with van der Waals surface area (Å²) < 4.78 is 7.56. The number of hydrogen-bond acceptors (Lipinski definition) is 4. The minimum Gasteiger partial charge on any atom is -0.375 e. The number of ether oxygens (including phenoxy) is 1. The minimum atomic E-state index is 0.477. The zero-order chi connectivity index (χ0) is 10.8. The van der Waals surface area contributed by atoms with Gasteiger partial charge in [-0.3, -0.25) is 0 Å². The van der Waals surface area contributed by atoms with Crippen molar-refractivity contribution in [2.24, 2.45) is 5.92 Å². The number of hydrogen-bond donors (Lipinski definition) is 1. The van der Waals surface area contributed by atoms with Crippen molar-refractivity contribution in [3.8, 4) is 0 Å². The molecule has 5 heteroatoms. The van der Waals surface area contributed by atoms with E-state index < -0.39 is 0 Å². The molecule has 0 aromatic carbocycles. The first-order valence-corrected chi connectivity index (χ1v) is 6.11. The summed E-state index contributed by atoms with van der Waals surface area (Å²) in [7, 11) is 0. The van der Waals surface area contributed by atoms with Gasteiger partial charge in [-0.25, -0.2) is 4.68 Å². The van der Waals surface area contributed by atoms with Crippen LogP contribution >= 0.6 is 0 Å². The van der Waals surface area contributed by atoms with Gasteiger partial charge in [0.15, 0.2) is 0 Å². The highest BCUT2D eigenvalue weighted by Gasteiger charge is 2.21. The first-order chi connectivity index (χ1) is 7.92. The molecule has 1 aromatic rings. The van der Waals surface area contributed by atoms with Crippen LogP contribution in [0.4, 0.5) is 0 Å². The predicted octanol–water partition coefficient (Wildman–Crippen LogP) is 0.739. The Bertz CT molecular complexity index is 342. The van der Waals surface area contributed by atoms with Gasteiger partial charge >= 0.3 is 0 Å². The Labute approximate surface area is 95.2 Å². The molecule has 16 heavy (non-hydrogen) atoms. The molecule has 0 spiro atoms. The molecule has 88 valence electrons. The molecule has 1 unspecified atom stereocenters. The minimum absolute atomic E-state index is 0.477. The SMILES string of the molecule is c1c(COCC2CC2)nnn1C1CCNC1. The third kappa shape index (κ3) is 2.41. The summed E-state index contributed by atoms with van der Waals surface area (Å²) in [4.78, 5) is 0. The number of nitrogens with one attached hydrogen (secondary N) is 1. The van der Waals surface area contributed by atoms with E-state index in [0.717, 1.165) is 37.7 Å². The third-order valence-corrected chi connectivity index (χ3v) is 3.27. The standard InChI is InChI=1S/C11H18N4O/c1-2-9(1)7-16-8-10-6-15(14-13-10)11-3-4-12-5-11/h6,9,11-12H,1-5,7-8H2. The molecule has 0 amide bonds. The first-order valence-electron chi connectivity index (χ1n) is 6.11. The van der Waals surface area contributed by atoms with Crippen LogP contribution in [-0.2, 0) is 11.3 Å². The van der Waals surface area contributed by atoms with Gasteiger partial charge in [-0.2, -0.15) is 0 Å². The lowest BCUT2D eigenvalue weighted by Gasteiger charge is -2.06. The van der Waals surface area contributed by atoms with Crippen LogP contribution in [0.3, 0.4) is 0 Å². The van der Waals surface area contributed by atoms with E-state index in [4.69, 9.17) is 4.74 Å². The second-order valence-corrected chi connectivity index (χ2v) is 4.80. The molecule has 5 nitrogen and oxygen atoms in total. The van der Waals surface area contributed by atoms with Crippen molar-refractivity contribution in [2.45, 2.75) is 31.9 Å². The quantitative estimate of drug-likeness (QED) is 0.798. The van der Waals surface area contributed by atoms with Gasteiger partial charge in [0.25, 0.3) is 0 Å². The van der Waals surface area contributed by atoms with Crippen LogP contribution in [0.5, 0.6) is 0 Å². The van der Waals surface area contributed by atoms with E-state index in [9.17, 15) is 0 Å². The van der Waals surface area contributed by atoms with Crippen LogP contribution in [0.15, 0.2) is 6.20 Å². The summed E-state index contributed by atoms with van der Waals surface area (Å²) in [6.45, 7) is 3.58. The monoisotopic (exact) mass is 222 g/mol. The van der Waals surface area contributed by atoms with Crippen LogP contribution in [0.25, 0.3) is 0 Å². The van der Waals surface area contributed by atoms with Gasteiger partial charge in [-0.05, 0) is 31.7 Å². The summed E-state index contributed by atoms with van der Waals surface area (Å²) in [6, 6.07) is 0.477. The third-order valence-electron chi connectivity index (χ3n) is 3.27. The van der Waals surface area contributed by atoms with E-state index in [2.05, 4.69) is 15.6 Å². The Kier molecular flexibility index (Phi) is 2.88. The summed E-state index contributed by atoms with van der Waals surface area (Å²) in [5.41, 5.74) is 0.951. The molecule has 1 aromatic heterocycles. The Hall–Kier alpha value is -0.940. The van der Waals surface area contributed by atoms with Crippen molar-refractivity contribution in [2.75, 3.05) is 19.7 Å². The van der Waals surface area contributed by atoms with Crippen molar-refractivity contribution in [3.05, 3.63) is 11.9 Å². The molecule has 2 heterocycles. The number of aromatic nitrogens is 3. The van der Waals surface area contributed by atoms with E-state index in [0.29, 0.717) is 12.6 Å². The Morgan fingerprint density at radius 1 is 1.44 bits per heavy atom. The molecule has 1 atom stereocenters. The molecule has 0 bridgehead atoms. The van der Waals surface area contributed by atoms with Crippen molar-refractivity contribution in [1.82, 2.24) is 20.3 Å². The highest BCUT2D eigenvalue weighted by molar-refractivity contribution is 4.92. The fraction of sp³-hybridized carbons (Fsp3) is 0.818. The fourth-order valence-electron chi connectivity index (χ4n) is 2.04. The zero-order valence-electron chi connectivity index (χ0n) is 9.43. The second kappa shape index (κ2) is 4.51. The largest absolute Gasteiger partial charge is 0.375 e. The van der Waals surface area contributed by atoms with Crippen molar-refractivity contribution in [1.29, 1.82) is 0 Å². The van der Waals surface area contributed by atoms with E-state index in [1.54, 1.807) is 0 Å². The van der Waals surface area contributed by atoms with Crippen LogP contribution in [0.1, 0.15) is 31.0 Å². The molecule has 2 fully saturated rings. The molecule has 1 N–H and O–H groups in total. The van der Waals surface area contributed by atoms with Gasteiger partial charge in [0.2, 0.25) is 0 Å². The maximum Gasteiger partial charge on any atom is 0.108 e. The van der Waals surface area contributed by atoms with Crippen molar-refractivity contribution < 1.29 is 4.74 Å². The smallest absolute Gasteiger partial charge is 0.108 e. The summed E-state index contributed by atoms with van der Waals surface area (Å²) >= 11 is 0. The lowest BCUT2D eigenvalue weighted by atomic mass is 10.3. The molecule has 1 saturated carbocycles. The van der Waals surface area contributed by atoms with Crippen LogP contribution in [0, 0.1) is 5.92 Å². The van der Waals surface area contributed by atoms with E-state index >= 15 is 0 Å². The molecule has 3 rings (SSSR count). The lowest BCUT2D eigenvalue weighted by Crippen LogP contribution is -2.13. The van der Waals surface area contributed by atoms with E-state index in [-0.39, 0.29) is 0 Å². The van der Waals surface area contributed by atoms with Crippen LogP contribution in [-0.4, -0.2) is 34.7 Å². The van der Waals surface area contributed by atoms with Gasteiger partial charge < -0.3 is 10.1 Å². The number of nitrogens with zero attached hydrogens (tertiary/aromatic N) is 3. The van der Waals surface area contributed by atoms with Crippen LogP contribution in [0.2, 0.25) is 0 Å². The summed E-state index contributed by atoms with van der Waals surface area (Å²) in [6.07, 6.45) is 5.83. The van der Waals surface area contributed by atoms with Gasteiger partial charge in [0.1, 0.15) is 5.69 Å². The van der Waals surface area contributed by atoms with Gasteiger partial charge in [-0.15, -0.1) is 5.10 Å². The molecule has 1 saturated heterocycles. The average molecular weight is 222 g/mol. The van der Waals surface area contributed by atoms with Gasteiger partial charge in [0.05, 0.1) is 18.8 Å². The molecular weight excluding hydrogens is 204 g/mol. The summed E-state index contributed by atoms with van der Waals surface area (Å²) in [5, 5.41) is 11.6. The van der Waals surface area contributed by atoms with Gasteiger partial charge in [-0.1, -0.05) is 5.21 Å². The molecule has 1 aliphatic heterocycles. The zero-order valence-corrected chi connectivity index (χ0v) is 9.43. The molecular formula is C11H18N4O. The Morgan fingerprint density at radius 3 is 3.12 bits per heavy atom. The highest BCUT2D eigenvalue weighted by Crippen LogP contribution is 2.29. The van der Waals surface area contributed by atoms with Gasteiger partial charge in [0, 0.05) is 13.2 Å². The fourth-order valence-corrected chi connectivity index (χ4v) is 2.04. The molecule has 0 radical (unpaired) electrons. The first kappa shape index (κ1) is 10.2. The second-order valence-electron chi connectivity index (χ2n) is 4.80. The van der Waals surface area contributed by atoms with E-state index in [1.165, 1.54) is 12.8 Å². The van der Waals surface area contributed by atoms with E-state index in [1.807, 2.05) is 10.9 Å². The predicted molar refractivity (Wildman–Crippen MR) is 58.9 cm³/mol.